The number of benzene rings is 2. The van der Waals surface area contributed by atoms with Crippen LogP contribution in [0, 0.1) is 5.21 Å². The molecule has 110 valence electrons. The van der Waals surface area contributed by atoms with Gasteiger partial charge in [-0.1, -0.05) is 30.3 Å². The van der Waals surface area contributed by atoms with E-state index in [0.717, 1.165) is 21.1 Å². The summed E-state index contributed by atoms with van der Waals surface area (Å²) in [4.78, 5) is 0.972. The largest absolute Gasteiger partial charge is 0.618 e. The van der Waals surface area contributed by atoms with Gasteiger partial charge in [0.2, 0.25) is 0 Å². The average molecular weight is 327 g/mol. The topological polar surface area (TPSA) is 36.2 Å². The lowest BCUT2D eigenvalue weighted by atomic mass is 10.3. The molecule has 0 atom stereocenters. The molecule has 5 heteroatoms. The van der Waals surface area contributed by atoms with Gasteiger partial charge in [-0.2, -0.15) is 4.73 Å². The summed E-state index contributed by atoms with van der Waals surface area (Å²) in [6.07, 6.45) is 1.50. The third-order valence-corrected chi connectivity index (χ3v) is 5.21. The molecule has 0 radical (unpaired) electrons. The first-order valence-electron chi connectivity index (χ1n) is 6.67. The SMILES string of the molecule is [O-][n+]1ccccc1SSc1ccccc1Oc1ccccc1. The van der Waals surface area contributed by atoms with Crippen molar-refractivity contribution in [3.05, 3.63) is 84.2 Å². The van der Waals surface area contributed by atoms with Gasteiger partial charge in [-0.25, -0.2) is 0 Å². The highest BCUT2D eigenvalue weighted by molar-refractivity contribution is 8.76. The summed E-state index contributed by atoms with van der Waals surface area (Å²) in [7, 11) is 2.92. The van der Waals surface area contributed by atoms with Gasteiger partial charge >= 0.3 is 0 Å². The number of ether oxygens (including phenoxy) is 1. The van der Waals surface area contributed by atoms with E-state index < -0.39 is 0 Å². The maximum Gasteiger partial charge on any atom is 0.262 e. The van der Waals surface area contributed by atoms with E-state index in [1.165, 1.54) is 27.8 Å². The van der Waals surface area contributed by atoms with E-state index >= 15 is 0 Å². The number of para-hydroxylation sites is 2. The van der Waals surface area contributed by atoms with Gasteiger partial charge in [-0.05, 0) is 41.1 Å². The Bertz CT molecular complexity index is 750. The Hall–Kier alpha value is -2.11. The fourth-order valence-corrected chi connectivity index (χ4v) is 3.88. The van der Waals surface area contributed by atoms with Gasteiger partial charge in [0.05, 0.1) is 4.90 Å². The lowest BCUT2D eigenvalue weighted by molar-refractivity contribution is -0.645. The van der Waals surface area contributed by atoms with Gasteiger partial charge in [0.15, 0.2) is 6.20 Å². The summed E-state index contributed by atoms with van der Waals surface area (Å²) in [5, 5.41) is 12.3. The van der Waals surface area contributed by atoms with Crippen LogP contribution in [0.5, 0.6) is 11.5 Å². The number of hydrogen-bond acceptors (Lipinski definition) is 4. The quantitative estimate of drug-likeness (QED) is 0.379. The molecule has 0 saturated heterocycles. The van der Waals surface area contributed by atoms with Crippen LogP contribution in [-0.4, -0.2) is 0 Å². The van der Waals surface area contributed by atoms with Crippen LogP contribution >= 0.6 is 21.6 Å². The van der Waals surface area contributed by atoms with Crippen LogP contribution in [-0.2, 0) is 0 Å². The van der Waals surface area contributed by atoms with E-state index in [-0.39, 0.29) is 0 Å². The average Bonchev–Trinajstić information content (AvgIpc) is 2.56. The summed E-state index contributed by atoms with van der Waals surface area (Å²) in [6.45, 7) is 0. The lowest BCUT2D eigenvalue weighted by Crippen LogP contribution is -2.27. The maximum absolute atomic E-state index is 11.7. The number of nitrogens with zero attached hydrogens (tertiary/aromatic N) is 1. The molecule has 3 aromatic rings. The highest BCUT2D eigenvalue weighted by Gasteiger charge is 2.10. The molecule has 0 N–H and O–H groups in total. The van der Waals surface area contributed by atoms with Crippen molar-refractivity contribution in [1.29, 1.82) is 0 Å². The monoisotopic (exact) mass is 327 g/mol. The zero-order valence-corrected chi connectivity index (χ0v) is 13.2. The minimum atomic E-state index is 0.641. The van der Waals surface area contributed by atoms with Crippen LogP contribution in [0.3, 0.4) is 0 Å². The van der Waals surface area contributed by atoms with Crippen LogP contribution in [0.1, 0.15) is 0 Å². The van der Waals surface area contributed by atoms with Crippen LogP contribution < -0.4 is 9.47 Å². The van der Waals surface area contributed by atoms with Crippen molar-refractivity contribution in [3.8, 4) is 11.5 Å². The fraction of sp³-hybridized carbons (Fsp3) is 0. The fourth-order valence-electron chi connectivity index (χ4n) is 1.78. The van der Waals surface area contributed by atoms with Gasteiger partial charge in [0.1, 0.15) is 11.5 Å². The second kappa shape index (κ2) is 7.24. The molecule has 0 unspecified atom stereocenters. The smallest absolute Gasteiger partial charge is 0.262 e. The summed E-state index contributed by atoms with van der Waals surface area (Å²) in [5.41, 5.74) is 0. The third-order valence-electron chi connectivity index (χ3n) is 2.83. The van der Waals surface area contributed by atoms with Gasteiger partial charge in [0.25, 0.3) is 5.03 Å². The van der Waals surface area contributed by atoms with Crippen molar-refractivity contribution in [3.63, 3.8) is 0 Å². The molecule has 1 heterocycles. The third kappa shape index (κ3) is 3.75. The molecule has 0 amide bonds. The van der Waals surface area contributed by atoms with Gasteiger partial charge in [-0.3, -0.25) is 0 Å². The van der Waals surface area contributed by atoms with Crippen LogP contribution in [0.4, 0.5) is 0 Å². The van der Waals surface area contributed by atoms with E-state index in [4.69, 9.17) is 4.74 Å². The van der Waals surface area contributed by atoms with Crippen molar-refractivity contribution in [1.82, 2.24) is 0 Å². The van der Waals surface area contributed by atoms with Gasteiger partial charge in [0, 0.05) is 22.9 Å². The standard InChI is InChI=1S/C17H13NO2S2/c19-18-13-7-6-12-17(18)22-21-16-11-5-4-10-15(16)20-14-8-2-1-3-9-14/h1-13H. The zero-order valence-electron chi connectivity index (χ0n) is 11.6. The molecule has 0 aliphatic rings. The van der Waals surface area contributed by atoms with Crippen LogP contribution in [0.2, 0.25) is 0 Å². The molecule has 0 spiro atoms. The van der Waals surface area contributed by atoms with E-state index in [0.29, 0.717) is 5.03 Å². The Morgan fingerprint density at radius 3 is 2.32 bits per heavy atom. The predicted molar refractivity (Wildman–Crippen MR) is 90.1 cm³/mol. The molecule has 3 nitrogen and oxygen atoms in total. The Kier molecular flexibility index (Phi) is 4.88. The van der Waals surface area contributed by atoms with E-state index in [2.05, 4.69) is 0 Å². The Labute approximate surface area is 136 Å². The molecule has 0 fully saturated rings. The number of aromatic nitrogens is 1. The first-order valence-corrected chi connectivity index (χ1v) is 8.82. The first kappa shape index (κ1) is 14.8. The van der Waals surface area contributed by atoms with Gasteiger partial charge < -0.3 is 9.94 Å². The molecular formula is C17H13NO2S2. The second-order valence-electron chi connectivity index (χ2n) is 4.39. The van der Waals surface area contributed by atoms with Crippen LogP contribution in [0.15, 0.2) is 88.9 Å². The summed E-state index contributed by atoms with van der Waals surface area (Å²) >= 11 is 0. The second-order valence-corrected chi connectivity index (χ2v) is 6.58. The molecule has 0 bridgehead atoms. The zero-order chi connectivity index (χ0) is 15.2. The van der Waals surface area contributed by atoms with Gasteiger partial charge in [-0.15, -0.1) is 0 Å². The Morgan fingerprint density at radius 1 is 0.773 bits per heavy atom. The van der Waals surface area contributed by atoms with Crippen LogP contribution in [0.25, 0.3) is 0 Å². The molecule has 0 saturated carbocycles. The number of rotatable bonds is 5. The lowest BCUT2D eigenvalue weighted by Gasteiger charge is -2.10. The molecular weight excluding hydrogens is 314 g/mol. The summed E-state index contributed by atoms with van der Waals surface area (Å²) in [6, 6.07) is 22.8. The highest BCUT2D eigenvalue weighted by Crippen LogP contribution is 2.41. The molecule has 22 heavy (non-hydrogen) atoms. The van der Waals surface area contributed by atoms with Crippen molar-refractivity contribution < 1.29 is 9.47 Å². The molecule has 3 rings (SSSR count). The molecule has 1 aromatic heterocycles. The van der Waals surface area contributed by atoms with Crippen molar-refractivity contribution in [2.45, 2.75) is 9.92 Å². The molecule has 2 aromatic carbocycles. The Balaban J connectivity index is 1.75. The first-order chi connectivity index (χ1) is 10.8. The summed E-state index contributed by atoms with van der Waals surface area (Å²) < 4.78 is 6.77. The minimum Gasteiger partial charge on any atom is -0.618 e. The van der Waals surface area contributed by atoms with Crippen molar-refractivity contribution in [2.24, 2.45) is 0 Å². The van der Waals surface area contributed by atoms with E-state index in [1.807, 2.05) is 60.7 Å². The number of hydrogen-bond donors (Lipinski definition) is 0. The summed E-state index contributed by atoms with van der Waals surface area (Å²) in [5.74, 6) is 1.57. The minimum absolute atomic E-state index is 0.641. The Morgan fingerprint density at radius 2 is 1.50 bits per heavy atom. The highest BCUT2D eigenvalue weighted by atomic mass is 33.1. The maximum atomic E-state index is 11.7. The van der Waals surface area contributed by atoms with Crippen molar-refractivity contribution in [2.75, 3.05) is 0 Å². The molecule has 0 aliphatic carbocycles. The predicted octanol–water partition coefficient (Wildman–Crippen LogP) is 4.91. The number of pyridine rings is 1. The normalized spacial score (nSPS) is 10.4. The van der Waals surface area contributed by atoms with Crippen molar-refractivity contribution >= 4 is 21.6 Å². The van der Waals surface area contributed by atoms with E-state index in [1.54, 1.807) is 12.1 Å². The van der Waals surface area contributed by atoms with E-state index in [9.17, 15) is 5.21 Å². The molecule has 0 aliphatic heterocycles.